The van der Waals surface area contributed by atoms with Gasteiger partial charge in [-0.05, 0) is 19.3 Å². The Labute approximate surface area is 90.4 Å². The number of hydrogen-bond donors (Lipinski definition) is 2. The summed E-state index contributed by atoms with van der Waals surface area (Å²) in [5.74, 6) is -0.236. The molecule has 1 atom stereocenters. The molecule has 86 valence electrons. The van der Waals surface area contributed by atoms with Crippen LogP contribution in [0.25, 0.3) is 0 Å². The number of nitrogens with two attached hydrogens (primary N) is 1. The van der Waals surface area contributed by atoms with Gasteiger partial charge in [-0.1, -0.05) is 12.2 Å². The smallest absolute Gasteiger partial charge is 0.333 e. The van der Waals surface area contributed by atoms with E-state index in [2.05, 4.69) is 11.3 Å². The lowest BCUT2D eigenvalue weighted by Gasteiger charge is -2.16. The Hall–Kier alpha value is -1.13. The van der Waals surface area contributed by atoms with Crippen molar-refractivity contribution in [2.24, 2.45) is 5.73 Å². The summed E-state index contributed by atoms with van der Waals surface area (Å²) in [6.45, 7) is 3.31. The standard InChI is InChI=1S/C8H13NO2.C3H6O/c1-11-8(10)6-3-2-4-7(9)5-6;1-2-3-4/h3,7H,2,4-5,9H2,1H3;2,4H,1,3H2. The molecule has 0 amide bonds. The zero-order valence-corrected chi connectivity index (χ0v) is 9.11. The quantitative estimate of drug-likeness (QED) is 0.524. The lowest BCUT2D eigenvalue weighted by Crippen LogP contribution is -2.25. The van der Waals surface area contributed by atoms with Crippen molar-refractivity contribution in [1.29, 1.82) is 0 Å². The van der Waals surface area contributed by atoms with Crippen LogP contribution in [0.2, 0.25) is 0 Å². The molecule has 1 aliphatic rings. The van der Waals surface area contributed by atoms with E-state index in [1.165, 1.54) is 13.2 Å². The van der Waals surface area contributed by atoms with Crippen molar-refractivity contribution in [2.75, 3.05) is 13.7 Å². The number of ether oxygens (including phenoxy) is 1. The van der Waals surface area contributed by atoms with Crippen molar-refractivity contribution >= 4 is 5.97 Å². The first kappa shape index (κ1) is 13.9. The second kappa shape index (κ2) is 8.20. The van der Waals surface area contributed by atoms with Crippen LogP contribution in [0.5, 0.6) is 0 Å². The molecule has 0 saturated heterocycles. The first-order valence-electron chi connectivity index (χ1n) is 4.90. The van der Waals surface area contributed by atoms with Crippen molar-refractivity contribution in [3.05, 3.63) is 24.3 Å². The monoisotopic (exact) mass is 213 g/mol. The minimum absolute atomic E-state index is 0.0833. The van der Waals surface area contributed by atoms with Crippen LogP contribution in [-0.2, 0) is 9.53 Å². The number of rotatable bonds is 2. The Balaban J connectivity index is 0.000000423. The van der Waals surface area contributed by atoms with Crippen LogP contribution in [-0.4, -0.2) is 30.8 Å². The number of hydrogen-bond acceptors (Lipinski definition) is 4. The van der Waals surface area contributed by atoms with Crippen LogP contribution in [0.1, 0.15) is 19.3 Å². The van der Waals surface area contributed by atoms with Crippen LogP contribution in [0.4, 0.5) is 0 Å². The van der Waals surface area contributed by atoms with Crippen molar-refractivity contribution < 1.29 is 14.6 Å². The van der Waals surface area contributed by atoms with E-state index in [4.69, 9.17) is 10.8 Å². The highest BCUT2D eigenvalue weighted by Gasteiger charge is 2.17. The van der Waals surface area contributed by atoms with Crippen molar-refractivity contribution in [3.8, 4) is 0 Å². The third-order valence-corrected chi connectivity index (χ3v) is 1.99. The van der Waals surface area contributed by atoms with Crippen molar-refractivity contribution in [1.82, 2.24) is 0 Å². The molecule has 0 aromatic rings. The molecule has 0 radical (unpaired) electrons. The normalized spacial score (nSPS) is 19.4. The lowest BCUT2D eigenvalue weighted by atomic mass is 9.96. The number of methoxy groups -OCH3 is 1. The maximum Gasteiger partial charge on any atom is 0.333 e. The summed E-state index contributed by atoms with van der Waals surface area (Å²) in [6.07, 6.45) is 5.87. The fraction of sp³-hybridized carbons (Fsp3) is 0.545. The van der Waals surface area contributed by atoms with Gasteiger partial charge in [0.1, 0.15) is 0 Å². The van der Waals surface area contributed by atoms with E-state index in [0.717, 1.165) is 18.4 Å². The van der Waals surface area contributed by atoms with Gasteiger partial charge in [0.25, 0.3) is 0 Å². The van der Waals surface area contributed by atoms with E-state index in [1.807, 2.05) is 6.08 Å². The Morgan fingerprint density at radius 1 is 1.87 bits per heavy atom. The zero-order chi connectivity index (χ0) is 11.7. The van der Waals surface area contributed by atoms with Gasteiger partial charge in [0.05, 0.1) is 13.7 Å². The van der Waals surface area contributed by atoms with Gasteiger partial charge >= 0.3 is 5.97 Å². The molecule has 3 N–H and O–H groups in total. The van der Waals surface area contributed by atoms with E-state index < -0.39 is 0 Å². The summed E-state index contributed by atoms with van der Waals surface area (Å²) in [6, 6.07) is 0.133. The maximum absolute atomic E-state index is 11.0. The lowest BCUT2D eigenvalue weighted by molar-refractivity contribution is -0.136. The van der Waals surface area contributed by atoms with E-state index in [0.29, 0.717) is 6.42 Å². The van der Waals surface area contributed by atoms with E-state index in [-0.39, 0.29) is 18.6 Å². The molecule has 0 aliphatic heterocycles. The number of aliphatic hydroxyl groups is 1. The van der Waals surface area contributed by atoms with Gasteiger partial charge in [-0.15, -0.1) is 6.58 Å². The highest BCUT2D eigenvalue weighted by atomic mass is 16.5. The highest BCUT2D eigenvalue weighted by Crippen LogP contribution is 2.17. The first-order valence-corrected chi connectivity index (χ1v) is 4.90. The summed E-state index contributed by atoms with van der Waals surface area (Å²) in [4.78, 5) is 11.0. The van der Waals surface area contributed by atoms with Gasteiger partial charge in [-0.3, -0.25) is 0 Å². The fourth-order valence-corrected chi connectivity index (χ4v) is 1.24. The van der Waals surface area contributed by atoms with Crippen molar-refractivity contribution in [3.63, 3.8) is 0 Å². The molecule has 0 bridgehead atoms. The molecule has 4 nitrogen and oxygen atoms in total. The molecular weight excluding hydrogens is 194 g/mol. The third-order valence-electron chi connectivity index (χ3n) is 1.99. The number of aliphatic hydroxyl groups excluding tert-OH is 1. The van der Waals surface area contributed by atoms with Gasteiger partial charge in [-0.2, -0.15) is 0 Å². The molecule has 0 spiro atoms. The summed E-state index contributed by atoms with van der Waals surface area (Å²) < 4.78 is 4.58. The molecular formula is C11H19NO3. The number of carbonyl (C=O) groups excluding carboxylic acids is 1. The maximum atomic E-state index is 11.0. The Morgan fingerprint density at radius 3 is 2.87 bits per heavy atom. The minimum atomic E-state index is -0.236. The van der Waals surface area contributed by atoms with Crippen molar-refractivity contribution in [2.45, 2.75) is 25.3 Å². The van der Waals surface area contributed by atoms with Gasteiger partial charge in [0, 0.05) is 11.6 Å². The van der Waals surface area contributed by atoms with E-state index >= 15 is 0 Å². The molecule has 0 fully saturated rings. The molecule has 0 aromatic carbocycles. The van der Waals surface area contributed by atoms with Crippen LogP contribution in [0, 0.1) is 0 Å². The topological polar surface area (TPSA) is 72.5 Å². The van der Waals surface area contributed by atoms with Gasteiger partial charge in [0.2, 0.25) is 0 Å². The molecule has 1 aliphatic carbocycles. The van der Waals surface area contributed by atoms with Gasteiger partial charge in [0.15, 0.2) is 0 Å². The summed E-state index contributed by atoms with van der Waals surface area (Å²) in [5.41, 5.74) is 6.40. The summed E-state index contributed by atoms with van der Waals surface area (Å²) >= 11 is 0. The van der Waals surface area contributed by atoms with Gasteiger partial charge < -0.3 is 15.6 Å². The van der Waals surface area contributed by atoms with E-state index in [1.54, 1.807) is 0 Å². The molecule has 1 rings (SSSR count). The summed E-state index contributed by atoms with van der Waals surface area (Å²) in [5, 5.41) is 7.76. The van der Waals surface area contributed by atoms with Crippen LogP contribution in [0.3, 0.4) is 0 Å². The molecule has 1 unspecified atom stereocenters. The summed E-state index contributed by atoms with van der Waals surface area (Å²) in [7, 11) is 1.39. The fourth-order valence-electron chi connectivity index (χ4n) is 1.24. The molecule has 0 saturated carbocycles. The van der Waals surface area contributed by atoms with E-state index in [9.17, 15) is 4.79 Å². The second-order valence-corrected chi connectivity index (χ2v) is 3.23. The van der Waals surface area contributed by atoms with Crippen LogP contribution >= 0.6 is 0 Å². The molecule has 4 heteroatoms. The molecule has 15 heavy (non-hydrogen) atoms. The number of allylic oxidation sites excluding steroid dienone is 1. The molecule has 0 heterocycles. The Morgan fingerprint density at radius 2 is 2.47 bits per heavy atom. The second-order valence-electron chi connectivity index (χ2n) is 3.23. The Bertz CT molecular complexity index is 236. The van der Waals surface area contributed by atoms with Crippen LogP contribution in [0.15, 0.2) is 24.3 Å². The predicted octanol–water partition coefficient (Wildman–Crippen LogP) is 0.762. The average Bonchev–Trinajstić information content (AvgIpc) is 2.28. The number of carbonyl (C=O) groups is 1. The Kier molecular flexibility index (Phi) is 7.58. The third kappa shape index (κ3) is 6.04. The molecule has 0 aromatic heterocycles. The predicted molar refractivity (Wildman–Crippen MR) is 59.2 cm³/mol. The highest BCUT2D eigenvalue weighted by molar-refractivity contribution is 5.88. The first-order chi connectivity index (χ1) is 7.15. The zero-order valence-electron chi connectivity index (χ0n) is 9.11. The average molecular weight is 213 g/mol. The van der Waals surface area contributed by atoms with Crippen LogP contribution < -0.4 is 5.73 Å². The number of esters is 1. The largest absolute Gasteiger partial charge is 0.466 e. The minimum Gasteiger partial charge on any atom is -0.466 e. The SMILES string of the molecule is C=CCO.COC(=O)C1=CCCC(N)C1. The van der Waals surface area contributed by atoms with Gasteiger partial charge in [-0.25, -0.2) is 4.79 Å².